The van der Waals surface area contributed by atoms with E-state index < -0.39 is 0 Å². The lowest BCUT2D eigenvalue weighted by molar-refractivity contribution is 0.864. The van der Waals surface area contributed by atoms with Crippen LogP contribution in [0.2, 0.25) is 0 Å². The van der Waals surface area contributed by atoms with Crippen molar-refractivity contribution in [1.82, 2.24) is 9.78 Å². The quantitative estimate of drug-likeness (QED) is 0.678. The van der Waals surface area contributed by atoms with Crippen LogP contribution < -0.4 is 5.56 Å². The molecule has 0 unspecified atom stereocenters. The summed E-state index contributed by atoms with van der Waals surface area (Å²) in [4.78, 5) is 12.2. The van der Waals surface area contributed by atoms with Crippen LogP contribution in [-0.4, -0.2) is 9.78 Å². The summed E-state index contributed by atoms with van der Waals surface area (Å²) in [5.74, 6) is 0. The van der Waals surface area contributed by atoms with Crippen LogP contribution in [0.5, 0.6) is 0 Å². The maximum atomic E-state index is 12.2. The van der Waals surface area contributed by atoms with E-state index in [4.69, 9.17) is 0 Å². The van der Waals surface area contributed by atoms with Crippen molar-refractivity contribution in [3.8, 4) is 5.69 Å². The summed E-state index contributed by atoms with van der Waals surface area (Å²) < 4.78 is 1.57. The molecule has 0 atom stereocenters. The summed E-state index contributed by atoms with van der Waals surface area (Å²) in [5, 5.41) is 3.84. The third-order valence-corrected chi connectivity index (χ3v) is 2.86. The fourth-order valence-corrected chi connectivity index (χ4v) is 1.98. The number of para-hydroxylation sites is 1. The second kappa shape index (κ2) is 3.63. The summed E-state index contributed by atoms with van der Waals surface area (Å²) in [6.07, 6.45) is 0. The Balaban J connectivity index is 2.33. The van der Waals surface area contributed by atoms with Gasteiger partial charge in [-0.25, -0.2) is 4.68 Å². The molecule has 0 saturated heterocycles. The maximum Gasteiger partial charge on any atom is 0.279 e. The topological polar surface area (TPSA) is 37.8 Å². The predicted molar refractivity (Wildman–Crippen MR) is 68.6 cm³/mol. The molecule has 3 rings (SSSR count). The zero-order valence-electron chi connectivity index (χ0n) is 9.47. The summed E-state index contributed by atoms with van der Waals surface area (Å²) in [6.45, 7) is 1.98. The number of nitrogens with zero attached hydrogens (tertiary/aromatic N) is 1. The number of fused-ring (bicyclic) bond motifs is 1. The minimum Gasteiger partial charge on any atom is -0.290 e. The van der Waals surface area contributed by atoms with E-state index in [1.54, 1.807) is 4.68 Å². The highest BCUT2D eigenvalue weighted by Crippen LogP contribution is 2.12. The first-order valence-electron chi connectivity index (χ1n) is 5.52. The highest BCUT2D eigenvalue weighted by molar-refractivity contribution is 5.79. The standard InChI is InChI=1S/C14H12N2O/c1-10-7-8-13-12(9-10)14(17)16(15-13)11-5-3-2-4-6-11/h2-9,15H,1H3. The van der Waals surface area contributed by atoms with Crippen LogP contribution in [0.25, 0.3) is 16.6 Å². The van der Waals surface area contributed by atoms with E-state index in [1.807, 2.05) is 55.5 Å². The number of H-pyrrole nitrogens is 1. The number of benzene rings is 2. The molecule has 3 nitrogen and oxygen atoms in total. The van der Waals surface area contributed by atoms with E-state index >= 15 is 0 Å². The molecule has 0 bridgehead atoms. The number of hydrogen-bond donors (Lipinski definition) is 1. The van der Waals surface area contributed by atoms with E-state index in [2.05, 4.69) is 5.10 Å². The minimum atomic E-state index is -0.00472. The monoisotopic (exact) mass is 224 g/mol. The van der Waals surface area contributed by atoms with Crippen LogP contribution in [0.1, 0.15) is 5.56 Å². The molecule has 0 amide bonds. The number of aromatic nitrogens is 2. The van der Waals surface area contributed by atoms with Crippen molar-refractivity contribution in [3.63, 3.8) is 0 Å². The fourth-order valence-electron chi connectivity index (χ4n) is 1.98. The van der Waals surface area contributed by atoms with E-state index in [1.165, 1.54) is 0 Å². The lowest BCUT2D eigenvalue weighted by Crippen LogP contribution is -2.13. The molecule has 2 aromatic carbocycles. The lowest BCUT2D eigenvalue weighted by Gasteiger charge is -1.98. The van der Waals surface area contributed by atoms with Gasteiger partial charge in [0.1, 0.15) is 0 Å². The largest absolute Gasteiger partial charge is 0.290 e. The fraction of sp³-hybridized carbons (Fsp3) is 0.0714. The highest BCUT2D eigenvalue weighted by Gasteiger charge is 2.07. The summed E-state index contributed by atoms with van der Waals surface area (Å²) >= 11 is 0. The van der Waals surface area contributed by atoms with Crippen LogP contribution >= 0.6 is 0 Å². The molecule has 0 aliphatic heterocycles. The van der Waals surface area contributed by atoms with Gasteiger partial charge in [0.05, 0.1) is 16.6 Å². The summed E-state index contributed by atoms with van der Waals surface area (Å²) in [5.41, 5.74) is 2.81. The molecule has 0 fully saturated rings. The molecule has 3 aromatic rings. The van der Waals surface area contributed by atoms with Gasteiger partial charge < -0.3 is 0 Å². The molecule has 0 saturated carbocycles. The maximum absolute atomic E-state index is 12.2. The number of aromatic amines is 1. The Morgan fingerprint density at radius 2 is 1.82 bits per heavy atom. The second-order valence-electron chi connectivity index (χ2n) is 4.14. The van der Waals surface area contributed by atoms with Crippen molar-refractivity contribution >= 4 is 10.9 Å². The van der Waals surface area contributed by atoms with Gasteiger partial charge in [-0.05, 0) is 31.2 Å². The molecule has 0 aliphatic rings. The Morgan fingerprint density at radius 3 is 2.59 bits per heavy atom. The van der Waals surface area contributed by atoms with E-state index in [0.717, 1.165) is 22.2 Å². The predicted octanol–water partition coefficient (Wildman–Crippen LogP) is 2.63. The van der Waals surface area contributed by atoms with Gasteiger partial charge in [0, 0.05) is 0 Å². The van der Waals surface area contributed by atoms with Crippen molar-refractivity contribution in [2.75, 3.05) is 0 Å². The van der Waals surface area contributed by atoms with E-state index in [9.17, 15) is 4.79 Å². The second-order valence-corrected chi connectivity index (χ2v) is 4.14. The van der Waals surface area contributed by atoms with Crippen molar-refractivity contribution in [3.05, 3.63) is 64.4 Å². The number of aryl methyl sites for hydroxylation is 1. The molecule has 0 radical (unpaired) electrons. The van der Waals surface area contributed by atoms with Crippen molar-refractivity contribution in [2.24, 2.45) is 0 Å². The van der Waals surface area contributed by atoms with Crippen molar-refractivity contribution < 1.29 is 0 Å². The van der Waals surface area contributed by atoms with Crippen LogP contribution in [0.15, 0.2) is 53.3 Å². The molecule has 0 spiro atoms. The van der Waals surface area contributed by atoms with Gasteiger partial charge in [0.25, 0.3) is 5.56 Å². The average molecular weight is 224 g/mol. The number of nitrogens with one attached hydrogen (secondary N) is 1. The Hall–Kier alpha value is -2.29. The average Bonchev–Trinajstić information content (AvgIpc) is 2.68. The molecule has 1 N–H and O–H groups in total. The van der Waals surface area contributed by atoms with Crippen LogP contribution in [0.3, 0.4) is 0 Å². The molecule has 1 heterocycles. The Morgan fingerprint density at radius 1 is 1.06 bits per heavy atom. The van der Waals surface area contributed by atoms with Gasteiger partial charge in [0.2, 0.25) is 0 Å². The van der Waals surface area contributed by atoms with Crippen molar-refractivity contribution in [1.29, 1.82) is 0 Å². The normalized spacial score (nSPS) is 10.9. The Bertz CT molecular complexity index is 723. The van der Waals surface area contributed by atoms with Gasteiger partial charge >= 0.3 is 0 Å². The Kier molecular flexibility index (Phi) is 2.11. The molecule has 0 aliphatic carbocycles. The van der Waals surface area contributed by atoms with Gasteiger partial charge in [-0.15, -0.1) is 0 Å². The smallest absolute Gasteiger partial charge is 0.279 e. The molecule has 1 aromatic heterocycles. The molecule has 84 valence electrons. The summed E-state index contributed by atoms with van der Waals surface area (Å²) in [6, 6.07) is 15.4. The van der Waals surface area contributed by atoms with Crippen LogP contribution in [0, 0.1) is 6.92 Å². The third-order valence-electron chi connectivity index (χ3n) is 2.86. The SMILES string of the molecule is Cc1ccc2[nH]n(-c3ccccc3)c(=O)c2c1. The molecular formula is C14H12N2O. The lowest BCUT2D eigenvalue weighted by atomic mass is 10.2. The van der Waals surface area contributed by atoms with Gasteiger partial charge in [-0.1, -0.05) is 29.8 Å². The molecule has 3 heteroatoms. The van der Waals surface area contributed by atoms with E-state index in [0.29, 0.717) is 0 Å². The first kappa shape index (κ1) is 9.90. The third kappa shape index (κ3) is 1.56. The molecule has 17 heavy (non-hydrogen) atoms. The number of rotatable bonds is 1. The summed E-state index contributed by atoms with van der Waals surface area (Å²) in [7, 11) is 0. The van der Waals surface area contributed by atoms with Gasteiger partial charge in [0.15, 0.2) is 0 Å². The highest BCUT2D eigenvalue weighted by atomic mass is 16.1. The van der Waals surface area contributed by atoms with Crippen molar-refractivity contribution in [2.45, 2.75) is 6.92 Å². The van der Waals surface area contributed by atoms with E-state index in [-0.39, 0.29) is 5.56 Å². The Labute approximate surface area is 98.3 Å². The number of hydrogen-bond acceptors (Lipinski definition) is 1. The zero-order chi connectivity index (χ0) is 11.8. The first-order chi connectivity index (χ1) is 8.25. The first-order valence-corrected chi connectivity index (χ1v) is 5.52. The van der Waals surface area contributed by atoms with Crippen LogP contribution in [0.4, 0.5) is 0 Å². The zero-order valence-corrected chi connectivity index (χ0v) is 9.47. The van der Waals surface area contributed by atoms with Gasteiger partial charge in [-0.2, -0.15) is 0 Å². The van der Waals surface area contributed by atoms with Crippen LogP contribution in [-0.2, 0) is 0 Å². The minimum absolute atomic E-state index is 0.00472. The molecular weight excluding hydrogens is 212 g/mol. The van der Waals surface area contributed by atoms with Gasteiger partial charge in [-0.3, -0.25) is 9.89 Å².